The molecule has 1 rings (SSSR count). The molecule has 1 aromatic rings. The first kappa shape index (κ1) is 12.5. The highest BCUT2D eigenvalue weighted by Gasteiger charge is 2.11. The van der Waals surface area contributed by atoms with Crippen molar-refractivity contribution in [2.24, 2.45) is 11.6 Å². The number of rotatable bonds is 4. The van der Waals surface area contributed by atoms with Crippen LogP contribution in [0.4, 0.5) is 0 Å². The summed E-state index contributed by atoms with van der Waals surface area (Å²) in [5.74, 6) is 5.53. The van der Waals surface area contributed by atoms with Crippen LogP contribution in [0.5, 0.6) is 5.75 Å². The number of hydrogen-bond acceptors (Lipinski definition) is 4. The summed E-state index contributed by atoms with van der Waals surface area (Å²) >= 11 is 0. The molecular weight excluding hydrogens is 206 g/mol. The number of amides is 1. The molecule has 0 radical (unpaired) electrons. The van der Waals surface area contributed by atoms with Crippen molar-refractivity contribution in [3.63, 3.8) is 0 Å². The summed E-state index contributed by atoms with van der Waals surface area (Å²) in [7, 11) is 1.61. The number of hydrazine groups is 1. The maximum absolute atomic E-state index is 11.1. The van der Waals surface area contributed by atoms with Crippen LogP contribution in [0.25, 0.3) is 0 Å². The second kappa shape index (κ2) is 5.48. The van der Waals surface area contributed by atoms with Crippen molar-refractivity contribution in [2.45, 2.75) is 19.4 Å². The van der Waals surface area contributed by atoms with Crippen molar-refractivity contribution in [3.05, 3.63) is 29.3 Å². The average molecular weight is 223 g/mol. The highest BCUT2D eigenvalue weighted by molar-refractivity contribution is 5.76. The molecule has 5 heteroatoms. The van der Waals surface area contributed by atoms with Gasteiger partial charge in [0.15, 0.2) is 0 Å². The minimum atomic E-state index is -0.354. The molecule has 5 N–H and O–H groups in total. The molecule has 88 valence electrons. The molecule has 1 unspecified atom stereocenters. The number of carbonyl (C=O) groups is 1. The fourth-order valence-electron chi connectivity index (χ4n) is 1.51. The summed E-state index contributed by atoms with van der Waals surface area (Å²) in [6.07, 6.45) is 0.169. The molecule has 5 nitrogen and oxygen atoms in total. The summed E-state index contributed by atoms with van der Waals surface area (Å²) in [4.78, 5) is 11.1. The Morgan fingerprint density at radius 2 is 2.25 bits per heavy atom. The minimum Gasteiger partial charge on any atom is -0.496 e. The average Bonchev–Trinajstić information content (AvgIpc) is 2.28. The zero-order valence-electron chi connectivity index (χ0n) is 9.49. The van der Waals surface area contributed by atoms with Gasteiger partial charge < -0.3 is 10.5 Å². The Morgan fingerprint density at radius 3 is 2.75 bits per heavy atom. The maximum atomic E-state index is 11.1. The van der Waals surface area contributed by atoms with Gasteiger partial charge in [-0.15, -0.1) is 0 Å². The molecule has 16 heavy (non-hydrogen) atoms. The summed E-state index contributed by atoms with van der Waals surface area (Å²) in [5.41, 5.74) is 9.81. The maximum Gasteiger partial charge on any atom is 0.235 e. The van der Waals surface area contributed by atoms with Gasteiger partial charge in [-0.3, -0.25) is 10.2 Å². The predicted octanol–water partition coefficient (Wildman–Crippen LogP) is 0.383. The summed E-state index contributed by atoms with van der Waals surface area (Å²) < 4.78 is 5.14. The number of methoxy groups -OCH3 is 1. The smallest absolute Gasteiger partial charge is 0.235 e. The van der Waals surface area contributed by atoms with Gasteiger partial charge in [0.1, 0.15) is 5.75 Å². The van der Waals surface area contributed by atoms with E-state index in [1.165, 1.54) is 0 Å². The van der Waals surface area contributed by atoms with Gasteiger partial charge in [-0.25, -0.2) is 5.84 Å². The molecule has 0 saturated carbocycles. The molecular formula is C11H17N3O2. The summed E-state index contributed by atoms with van der Waals surface area (Å²) in [5, 5.41) is 0. The minimum absolute atomic E-state index is 0.169. The van der Waals surface area contributed by atoms with Crippen molar-refractivity contribution in [1.82, 2.24) is 5.43 Å². The standard InChI is InChI=1S/C11H17N3O2/c1-7-5-8(3-4-10(7)16-2)9(12)6-11(15)14-13/h3-5,9H,6,12-13H2,1-2H3,(H,14,15). The van der Waals surface area contributed by atoms with Crippen LogP contribution < -0.4 is 21.7 Å². The zero-order valence-corrected chi connectivity index (χ0v) is 9.49. The number of hydrogen-bond donors (Lipinski definition) is 3. The molecule has 0 aliphatic carbocycles. The van der Waals surface area contributed by atoms with E-state index in [0.29, 0.717) is 0 Å². The fourth-order valence-corrected chi connectivity index (χ4v) is 1.51. The van der Waals surface area contributed by atoms with Crippen molar-refractivity contribution in [3.8, 4) is 5.75 Å². The third-order valence-corrected chi connectivity index (χ3v) is 2.41. The molecule has 0 heterocycles. The van der Waals surface area contributed by atoms with Crippen LogP contribution in [0, 0.1) is 6.92 Å². The second-order valence-corrected chi connectivity index (χ2v) is 3.61. The van der Waals surface area contributed by atoms with Crippen molar-refractivity contribution >= 4 is 5.91 Å². The lowest BCUT2D eigenvalue weighted by Crippen LogP contribution is -2.32. The first-order valence-corrected chi connectivity index (χ1v) is 4.98. The van der Waals surface area contributed by atoms with E-state index in [2.05, 4.69) is 5.43 Å². The van der Waals surface area contributed by atoms with E-state index in [1.807, 2.05) is 25.1 Å². The van der Waals surface area contributed by atoms with Crippen LogP contribution in [0.2, 0.25) is 0 Å². The van der Waals surface area contributed by atoms with Gasteiger partial charge in [-0.2, -0.15) is 0 Å². The molecule has 0 saturated heterocycles. The van der Waals surface area contributed by atoms with E-state index in [4.69, 9.17) is 16.3 Å². The number of carbonyl (C=O) groups excluding carboxylic acids is 1. The van der Waals surface area contributed by atoms with Gasteiger partial charge in [0, 0.05) is 12.5 Å². The van der Waals surface area contributed by atoms with Gasteiger partial charge in [0.2, 0.25) is 5.91 Å². The normalized spacial score (nSPS) is 12.0. The number of nitrogens with two attached hydrogens (primary N) is 2. The first-order chi connectivity index (χ1) is 7.58. The Labute approximate surface area is 94.7 Å². The molecule has 0 fully saturated rings. The molecule has 1 amide bonds. The van der Waals surface area contributed by atoms with Crippen molar-refractivity contribution in [1.29, 1.82) is 0 Å². The van der Waals surface area contributed by atoms with E-state index in [9.17, 15) is 4.79 Å². The van der Waals surface area contributed by atoms with Crippen LogP contribution in [-0.4, -0.2) is 13.0 Å². The highest BCUT2D eigenvalue weighted by atomic mass is 16.5. The van der Waals surface area contributed by atoms with Crippen LogP contribution in [0.3, 0.4) is 0 Å². The Bertz CT molecular complexity index is 379. The van der Waals surface area contributed by atoms with Crippen molar-refractivity contribution < 1.29 is 9.53 Å². The Balaban J connectivity index is 2.80. The number of benzene rings is 1. The van der Waals surface area contributed by atoms with Gasteiger partial charge in [-0.1, -0.05) is 12.1 Å². The Kier molecular flexibility index (Phi) is 4.28. The van der Waals surface area contributed by atoms with E-state index < -0.39 is 0 Å². The third kappa shape index (κ3) is 2.95. The lowest BCUT2D eigenvalue weighted by atomic mass is 10.0. The fraction of sp³-hybridized carbons (Fsp3) is 0.364. The summed E-state index contributed by atoms with van der Waals surface area (Å²) in [6, 6.07) is 5.24. The quantitative estimate of drug-likeness (QED) is 0.391. The molecule has 0 spiro atoms. The second-order valence-electron chi connectivity index (χ2n) is 3.61. The zero-order chi connectivity index (χ0) is 12.1. The largest absolute Gasteiger partial charge is 0.496 e. The van der Waals surface area contributed by atoms with E-state index in [0.717, 1.165) is 16.9 Å². The molecule has 0 bridgehead atoms. The van der Waals surface area contributed by atoms with Crippen LogP contribution >= 0.6 is 0 Å². The van der Waals surface area contributed by atoms with Gasteiger partial charge >= 0.3 is 0 Å². The lowest BCUT2D eigenvalue weighted by Gasteiger charge is -2.13. The SMILES string of the molecule is COc1ccc(C(N)CC(=O)NN)cc1C. The van der Waals surface area contributed by atoms with E-state index in [1.54, 1.807) is 7.11 Å². The van der Waals surface area contributed by atoms with Gasteiger partial charge in [0.25, 0.3) is 0 Å². The molecule has 1 atom stereocenters. The predicted molar refractivity (Wildman–Crippen MR) is 61.6 cm³/mol. The van der Waals surface area contributed by atoms with Crippen LogP contribution in [0.15, 0.2) is 18.2 Å². The number of aryl methyl sites for hydroxylation is 1. The Hall–Kier alpha value is -1.59. The third-order valence-electron chi connectivity index (χ3n) is 2.41. The highest BCUT2D eigenvalue weighted by Crippen LogP contribution is 2.22. The Morgan fingerprint density at radius 1 is 1.56 bits per heavy atom. The monoisotopic (exact) mass is 223 g/mol. The lowest BCUT2D eigenvalue weighted by molar-refractivity contribution is -0.121. The first-order valence-electron chi connectivity index (χ1n) is 4.98. The number of ether oxygens (including phenoxy) is 1. The van der Waals surface area contributed by atoms with Crippen molar-refractivity contribution in [2.75, 3.05) is 7.11 Å². The topological polar surface area (TPSA) is 90.4 Å². The molecule has 1 aromatic carbocycles. The van der Waals surface area contributed by atoms with Crippen LogP contribution in [-0.2, 0) is 4.79 Å². The van der Waals surface area contributed by atoms with Gasteiger partial charge in [0.05, 0.1) is 7.11 Å². The molecule has 0 aromatic heterocycles. The van der Waals surface area contributed by atoms with Crippen LogP contribution in [0.1, 0.15) is 23.6 Å². The molecule has 0 aliphatic rings. The number of nitrogens with one attached hydrogen (secondary N) is 1. The van der Waals surface area contributed by atoms with E-state index >= 15 is 0 Å². The van der Waals surface area contributed by atoms with Gasteiger partial charge in [-0.05, 0) is 24.1 Å². The summed E-state index contributed by atoms with van der Waals surface area (Å²) in [6.45, 7) is 1.93. The van der Waals surface area contributed by atoms with E-state index in [-0.39, 0.29) is 18.4 Å². The molecule has 0 aliphatic heterocycles.